The predicted octanol–water partition coefficient (Wildman–Crippen LogP) is 6.14. The Bertz CT molecular complexity index is 1620. The molecule has 2 aromatic rings. The second kappa shape index (κ2) is 20.8. The number of benzene rings is 2. The Kier molecular flexibility index (Phi) is 15.9. The fourth-order valence-electron chi connectivity index (χ4n) is 8.54. The molecular weight excluding hydrogens is 711 g/mol. The molecule has 0 aromatic heterocycles. The fourth-order valence-corrected chi connectivity index (χ4v) is 8.54. The van der Waals surface area contributed by atoms with E-state index in [1.807, 2.05) is 12.1 Å². The molecule has 1 amide bonds. The van der Waals surface area contributed by atoms with Crippen LogP contribution in [0.15, 0.2) is 71.9 Å². The first-order valence-electron chi connectivity index (χ1n) is 19.5. The van der Waals surface area contributed by atoms with Gasteiger partial charge in [-0.05, 0) is 74.3 Å². The van der Waals surface area contributed by atoms with E-state index in [4.69, 9.17) is 28.5 Å². The molecule has 0 saturated heterocycles. The zero-order valence-electron chi connectivity index (χ0n) is 32.1. The van der Waals surface area contributed by atoms with Crippen LogP contribution in [0.3, 0.4) is 0 Å². The van der Waals surface area contributed by atoms with Crippen molar-refractivity contribution in [3.05, 3.63) is 83.7 Å². The molecule has 0 unspecified atom stereocenters. The van der Waals surface area contributed by atoms with Gasteiger partial charge in [0.15, 0.2) is 0 Å². The Morgan fingerprint density at radius 2 is 1.85 bits per heavy atom. The third kappa shape index (κ3) is 9.69. The van der Waals surface area contributed by atoms with Crippen LogP contribution in [0.25, 0.3) is 0 Å². The SMILES string of the molecule is C=CCO[C@@]12Oc3ccc(OCc4ccccc4F)cc3[C@H]3[C@H](CCCCO)[C@@H](CCCCO)C=C(C(=NOC)C[C@@H]1N(CCOCCO)C(=O)OCC)[C@H]32. The minimum Gasteiger partial charge on any atom is -0.489 e. The highest BCUT2D eigenvalue weighted by Crippen LogP contribution is 2.62. The highest BCUT2D eigenvalue weighted by molar-refractivity contribution is 6.02. The number of ether oxygens (including phenoxy) is 5. The van der Waals surface area contributed by atoms with Crippen molar-refractivity contribution in [2.45, 2.75) is 76.2 Å². The minimum atomic E-state index is -1.46. The van der Waals surface area contributed by atoms with Gasteiger partial charge in [0.2, 0.25) is 5.79 Å². The summed E-state index contributed by atoms with van der Waals surface area (Å²) in [4.78, 5) is 21.0. The summed E-state index contributed by atoms with van der Waals surface area (Å²) < 4.78 is 46.2. The van der Waals surface area contributed by atoms with E-state index in [0.29, 0.717) is 35.6 Å². The molecule has 6 atom stereocenters. The Morgan fingerprint density at radius 3 is 2.56 bits per heavy atom. The van der Waals surface area contributed by atoms with Crippen LogP contribution in [0.4, 0.5) is 9.18 Å². The monoisotopic (exact) mass is 768 g/mol. The van der Waals surface area contributed by atoms with Crippen molar-refractivity contribution in [1.82, 2.24) is 4.90 Å². The van der Waals surface area contributed by atoms with Crippen LogP contribution < -0.4 is 9.47 Å². The second-order valence-electron chi connectivity index (χ2n) is 14.1. The smallest absolute Gasteiger partial charge is 0.410 e. The molecular formula is C42H57FN2O10. The summed E-state index contributed by atoms with van der Waals surface area (Å²) in [7, 11) is 1.49. The standard InChI is InChI=1S/C42H57FN2O10/c1-4-22-54-42-38(45(41(49)52-5-2)18-23-51-24-21-48)27-36(44-50-3)33-25-29(12-8-10-19-46)32(14-9-11-20-47)39(40(33)42)34-26-31(16-17-37(34)55-42)53-28-30-13-6-7-15-35(30)43/h4,6-7,13,15-17,25-26,29,32,38-40,46-48H,1,5,8-12,14,18-24,27-28H2,2-3H3/t29-,32+,38-,39+,40+,42+/m0/s1. The number of aliphatic hydroxyl groups is 3. The molecule has 302 valence electrons. The number of hydrogen-bond donors (Lipinski definition) is 3. The average Bonchev–Trinajstić information content (AvgIpc) is 3.19. The first-order valence-corrected chi connectivity index (χ1v) is 19.5. The van der Waals surface area contributed by atoms with Gasteiger partial charge in [0, 0.05) is 43.2 Å². The number of carbonyl (C=O) groups is 1. The summed E-state index contributed by atoms with van der Waals surface area (Å²) in [6, 6.07) is 11.3. The van der Waals surface area contributed by atoms with E-state index in [1.165, 1.54) is 13.2 Å². The number of allylic oxidation sites excluding steroid dienone is 1. The molecule has 2 aliphatic carbocycles. The van der Waals surface area contributed by atoms with Gasteiger partial charge in [-0.2, -0.15) is 0 Å². The molecule has 0 spiro atoms. The molecule has 12 nitrogen and oxygen atoms in total. The Labute approximate surface area is 323 Å². The van der Waals surface area contributed by atoms with Crippen LogP contribution in [0.1, 0.15) is 68.9 Å². The first kappa shape index (κ1) is 42.1. The second-order valence-corrected chi connectivity index (χ2v) is 14.1. The topological polar surface area (TPSA) is 149 Å². The van der Waals surface area contributed by atoms with Crippen LogP contribution in [-0.4, -0.2) is 104 Å². The molecule has 3 N–H and O–H groups in total. The number of carbonyl (C=O) groups excluding carboxylic acids is 1. The van der Waals surface area contributed by atoms with Crippen LogP contribution >= 0.6 is 0 Å². The van der Waals surface area contributed by atoms with Gasteiger partial charge in [0.25, 0.3) is 0 Å². The number of rotatable bonds is 22. The lowest BCUT2D eigenvalue weighted by molar-refractivity contribution is -0.256. The fraction of sp³-hybridized carbons (Fsp3) is 0.571. The molecule has 1 saturated carbocycles. The summed E-state index contributed by atoms with van der Waals surface area (Å²) in [5.41, 5.74) is 2.85. The van der Waals surface area contributed by atoms with Gasteiger partial charge >= 0.3 is 6.09 Å². The van der Waals surface area contributed by atoms with Gasteiger partial charge in [-0.25, -0.2) is 9.18 Å². The van der Waals surface area contributed by atoms with Crippen molar-refractivity contribution in [3.8, 4) is 11.5 Å². The third-order valence-electron chi connectivity index (χ3n) is 10.8. The van der Waals surface area contributed by atoms with E-state index >= 15 is 0 Å². The molecule has 1 aliphatic heterocycles. The number of oxime groups is 1. The van der Waals surface area contributed by atoms with Crippen molar-refractivity contribution < 1.29 is 53.0 Å². The molecule has 2 aromatic carbocycles. The number of unbranched alkanes of at least 4 members (excludes halogenated alkanes) is 2. The zero-order valence-corrected chi connectivity index (χ0v) is 32.1. The number of aliphatic hydroxyl groups excluding tert-OH is 3. The van der Waals surface area contributed by atoms with Gasteiger partial charge in [0.05, 0.1) is 44.7 Å². The quantitative estimate of drug-likeness (QED) is 0.0726. The minimum absolute atomic E-state index is 0.0154. The van der Waals surface area contributed by atoms with Crippen LogP contribution in [0.5, 0.6) is 11.5 Å². The van der Waals surface area contributed by atoms with E-state index < -0.39 is 23.8 Å². The van der Waals surface area contributed by atoms with Gasteiger partial charge in [-0.3, -0.25) is 4.90 Å². The Hall–Kier alpha value is -4.01. The number of fused-ring (bicyclic) bond motifs is 2. The Morgan fingerprint density at radius 1 is 1.07 bits per heavy atom. The van der Waals surface area contributed by atoms with Gasteiger partial charge < -0.3 is 43.8 Å². The highest BCUT2D eigenvalue weighted by atomic mass is 19.1. The summed E-state index contributed by atoms with van der Waals surface area (Å²) >= 11 is 0. The predicted molar refractivity (Wildman–Crippen MR) is 204 cm³/mol. The zero-order chi connectivity index (χ0) is 39.2. The lowest BCUT2D eigenvalue weighted by atomic mass is 9.55. The third-order valence-corrected chi connectivity index (χ3v) is 10.8. The Balaban J connectivity index is 1.72. The largest absolute Gasteiger partial charge is 0.489 e. The van der Waals surface area contributed by atoms with E-state index in [0.717, 1.165) is 36.8 Å². The molecule has 5 rings (SSSR count). The van der Waals surface area contributed by atoms with E-state index in [1.54, 1.807) is 42.2 Å². The lowest BCUT2D eigenvalue weighted by Gasteiger charge is -2.59. The summed E-state index contributed by atoms with van der Waals surface area (Å²) in [5, 5.41) is 33.6. The molecule has 13 heteroatoms. The van der Waals surface area contributed by atoms with Crippen molar-refractivity contribution in [2.24, 2.45) is 22.9 Å². The van der Waals surface area contributed by atoms with Gasteiger partial charge in [0.1, 0.15) is 37.1 Å². The van der Waals surface area contributed by atoms with E-state index in [-0.39, 0.29) is 89.4 Å². The molecule has 1 fully saturated rings. The maximum atomic E-state index is 14.6. The maximum Gasteiger partial charge on any atom is 0.410 e. The maximum absolute atomic E-state index is 14.6. The number of halogens is 1. The number of nitrogens with zero attached hydrogens (tertiary/aromatic N) is 2. The van der Waals surface area contributed by atoms with Crippen molar-refractivity contribution in [2.75, 3.05) is 59.9 Å². The first-order chi connectivity index (χ1) is 26.9. The van der Waals surface area contributed by atoms with Crippen LogP contribution in [0, 0.1) is 23.6 Å². The van der Waals surface area contributed by atoms with Crippen LogP contribution in [0.2, 0.25) is 0 Å². The summed E-state index contributed by atoms with van der Waals surface area (Å²) in [6.45, 7) is 6.29. The normalized spacial score (nSPS) is 24.6. The van der Waals surface area contributed by atoms with Crippen molar-refractivity contribution >= 4 is 11.8 Å². The highest BCUT2D eigenvalue weighted by Gasteiger charge is 2.65. The number of hydrogen-bond acceptors (Lipinski definition) is 11. The van der Waals surface area contributed by atoms with Gasteiger partial charge in [-0.15, -0.1) is 6.58 Å². The van der Waals surface area contributed by atoms with Crippen molar-refractivity contribution in [3.63, 3.8) is 0 Å². The molecule has 3 aliphatic rings. The molecule has 0 radical (unpaired) electrons. The van der Waals surface area contributed by atoms with E-state index in [2.05, 4.69) is 17.8 Å². The summed E-state index contributed by atoms with van der Waals surface area (Å²) in [6.07, 6.45) is 7.97. The van der Waals surface area contributed by atoms with Crippen LogP contribution in [-0.2, 0) is 25.7 Å². The average molecular weight is 769 g/mol. The summed E-state index contributed by atoms with van der Waals surface area (Å²) in [5.74, 6) is -1.42. The van der Waals surface area contributed by atoms with Gasteiger partial charge in [-0.1, -0.05) is 48.3 Å². The van der Waals surface area contributed by atoms with Crippen molar-refractivity contribution in [1.29, 1.82) is 0 Å². The lowest BCUT2D eigenvalue weighted by Crippen LogP contribution is -2.70. The number of amides is 1. The van der Waals surface area contributed by atoms with E-state index in [9.17, 15) is 24.5 Å². The molecule has 0 bridgehead atoms. The molecule has 1 heterocycles. The molecule has 55 heavy (non-hydrogen) atoms.